The fraction of sp³-hybridized carbons (Fsp3) is 0.273. The van der Waals surface area contributed by atoms with Crippen LogP contribution < -0.4 is 0 Å². The van der Waals surface area contributed by atoms with Gasteiger partial charge in [-0.1, -0.05) is 60.7 Å². The molecule has 160 valence electrons. The van der Waals surface area contributed by atoms with Gasteiger partial charge < -0.3 is 19.7 Å². The first-order valence-electron chi connectivity index (χ1n) is 9.20. The van der Waals surface area contributed by atoms with E-state index in [-0.39, 0.29) is 38.9 Å². The summed E-state index contributed by atoms with van der Waals surface area (Å²) in [6.07, 6.45) is 0.257. The second kappa shape index (κ2) is 14.5. The van der Waals surface area contributed by atoms with Crippen LogP contribution in [0.2, 0.25) is 0 Å². The van der Waals surface area contributed by atoms with E-state index in [1.54, 1.807) is 0 Å². The van der Waals surface area contributed by atoms with E-state index in [9.17, 15) is 19.2 Å². The van der Waals surface area contributed by atoms with Gasteiger partial charge >= 0.3 is 23.9 Å². The lowest BCUT2D eigenvalue weighted by atomic mass is 10.2. The summed E-state index contributed by atoms with van der Waals surface area (Å²) < 4.78 is 8.96. The predicted octanol–water partition coefficient (Wildman–Crippen LogP) is 2.62. The van der Waals surface area contributed by atoms with Crippen molar-refractivity contribution in [3.05, 3.63) is 71.8 Å². The smallest absolute Gasteiger partial charge is 0.314 e. The Hall–Kier alpha value is -3.52. The molecule has 0 aliphatic carbocycles. The Morgan fingerprint density at radius 3 is 1.70 bits per heavy atom. The first-order valence-corrected chi connectivity index (χ1v) is 9.20. The molecule has 0 amide bonds. The molecule has 8 nitrogen and oxygen atoms in total. The molecule has 2 N–H and O–H groups in total. The zero-order valence-electron chi connectivity index (χ0n) is 16.4. The summed E-state index contributed by atoms with van der Waals surface area (Å²) in [5.74, 6) is -2.28. The van der Waals surface area contributed by atoms with Crippen LogP contribution in [0, 0.1) is 0 Å². The summed E-state index contributed by atoms with van der Waals surface area (Å²) in [5.41, 5.74) is 1.86. The second-order valence-corrected chi connectivity index (χ2v) is 6.03. The fourth-order valence-corrected chi connectivity index (χ4v) is 2.04. The number of cyclic esters (lactones) is 2. The number of aliphatic hydroxyl groups is 1. The highest BCUT2D eigenvalue weighted by molar-refractivity contribution is 5.92. The molecule has 0 aromatic heterocycles. The summed E-state index contributed by atoms with van der Waals surface area (Å²) in [6.45, 7) is 0.333. The lowest BCUT2D eigenvalue weighted by molar-refractivity contribution is -0.152. The first kappa shape index (κ1) is 24.5. The molecule has 0 atom stereocenters. The molecule has 0 spiro atoms. The molecule has 1 heterocycles. The van der Waals surface area contributed by atoms with E-state index in [1.807, 2.05) is 60.7 Å². The number of hydrogen-bond donors (Lipinski definition) is 2. The zero-order valence-corrected chi connectivity index (χ0v) is 16.4. The highest BCUT2D eigenvalue weighted by Crippen LogP contribution is 2.04. The van der Waals surface area contributed by atoms with Crippen LogP contribution in [0.4, 0.5) is 0 Å². The lowest BCUT2D eigenvalue weighted by Crippen LogP contribution is -2.07. The summed E-state index contributed by atoms with van der Waals surface area (Å²) >= 11 is 0. The number of rotatable bonds is 6. The average molecular weight is 416 g/mol. The third-order valence-corrected chi connectivity index (χ3v) is 3.57. The maximum atomic E-state index is 11.0. The molecule has 1 aliphatic heterocycles. The molecule has 1 aliphatic rings. The van der Waals surface area contributed by atoms with E-state index in [1.165, 1.54) is 0 Å². The van der Waals surface area contributed by atoms with Crippen molar-refractivity contribution in [2.75, 3.05) is 0 Å². The SMILES string of the molecule is O=C(O)CCC(=O)OCc1ccccc1.O=C1CCC(=O)O1.OCc1ccccc1. The van der Waals surface area contributed by atoms with Crippen LogP contribution in [0.3, 0.4) is 0 Å². The first-order chi connectivity index (χ1) is 14.4. The Kier molecular flexibility index (Phi) is 11.8. The van der Waals surface area contributed by atoms with Crippen LogP contribution in [0.25, 0.3) is 0 Å². The Morgan fingerprint density at radius 2 is 1.33 bits per heavy atom. The van der Waals surface area contributed by atoms with Gasteiger partial charge in [-0.2, -0.15) is 0 Å². The van der Waals surface area contributed by atoms with Gasteiger partial charge in [0, 0.05) is 0 Å². The van der Waals surface area contributed by atoms with Crippen molar-refractivity contribution in [1.82, 2.24) is 0 Å². The van der Waals surface area contributed by atoms with Gasteiger partial charge in [0.05, 0.1) is 32.3 Å². The van der Waals surface area contributed by atoms with Crippen LogP contribution in [0.15, 0.2) is 60.7 Å². The van der Waals surface area contributed by atoms with Crippen LogP contribution >= 0.6 is 0 Å². The number of carboxylic acids is 1. The number of carboxylic acid groups (broad SMARTS) is 1. The van der Waals surface area contributed by atoms with E-state index < -0.39 is 23.9 Å². The molecule has 8 heteroatoms. The van der Waals surface area contributed by atoms with Gasteiger partial charge in [-0.25, -0.2) is 0 Å². The number of esters is 3. The largest absolute Gasteiger partial charge is 0.481 e. The number of aliphatic carboxylic acids is 1. The van der Waals surface area contributed by atoms with Crippen molar-refractivity contribution in [1.29, 1.82) is 0 Å². The molecular formula is C22H24O8. The van der Waals surface area contributed by atoms with Crippen molar-refractivity contribution in [2.45, 2.75) is 38.9 Å². The number of ether oxygens (including phenoxy) is 2. The molecule has 30 heavy (non-hydrogen) atoms. The summed E-state index contributed by atoms with van der Waals surface area (Å²) in [6, 6.07) is 18.8. The third kappa shape index (κ3) is 12.0. The van der Waals surface area contributed by atoms with Gasteiger partial charge in [-0.3, -0.25) is 19.2 Å². The van der Waals surface area contributed by atoms with E-state index in [0.717, 1.165) is 11.1 Å². The van der Waals surface area contributed by atoms with Crippen molar-refractivity contribution in [3.63, 3.8) is 0 Å². The Morgan fingerprint density at radius 1 is 0.833 bits per heavy atom. The topological polar surface area (TPSA) is 127 Å². The van der Waals surface area contributed by atoms with Crippen LogP contribution in [0.5, 0.6) is 0 Å². The molecular weight excluding hydrogens is 392 g/mol. The number of aliphatic hydroxyl groups excluding tert-OH is 1. The van der Waals surface area contributed by atoms with Crippen molar-refractivity contribution >= 4 is 23.9 Å². The Labute approximate surface area is 174 Å². The summed E-state index contributed by atoms with van der Waals surface area (Å²) in [7, 11) is 0. The highest BCUT2D eigenvalue weighted by Gasteiger charge is 2.19. The quantitative estimate of drug-likeness (QED) is 0.543. The molecule has 0 bridgehead atoms. The Balaban J connectivity index is 0.000000250. The predicted molar refractivity (Wildman–Crippen MR) is 106 cm³/mol. The van der Waals surface area contributed by atoms with Crippen molar-refractivity contribution in [3.8, 4) is 0 Å². The molecule has 2 aromatic rings. The molecule has 0 unspecified atom stereocenters. The minimum atomic E-state index is -0.994. The van der Waals surface area contributed by atoms with Gasteiger partial charge in [0.25, 0.3) is 0 Å². The van der Waals surface area contributed by atoms with Crippen LogP contribution in [0.1, 0.15) is 36.8 Å². The number of benzene rings is 2. The normalized spacial score (nSPS) is 11.9. The van der Waals surface area contributed by atoms with Crippen LogP contribution in [-0.4, -0.2) is 34.1 Å². The van der Waals surface area contributed by atoms with Gasteiger partial charge in [0.2, 0.25) is 0 Å². The second-order valence-electron chi connectivity index (χ2n) is 6.03. The van der Waals surface area contributed by atoms with Gasteiger partial charge in [0.15, 0.2) is 0 Å². The van der Waals surface area contributed by atoms with E-state index in [2.05, 4.69) is 4.74 Å². The van der Waals surface area contributed by atoms with Crippen molar-refractivity contribution in [2.24, 2.45) is 0 Å². The average Bonchev–Trinajstić information content (AvgIpc) is 3.15. The summed E-state index contributed by atoms with van der Waals surface area (Å²) in [5, 5.41) is 16.9. The van der Waals surface area contributed by atoms with Crippen LogP contribution in [-0.2, 0) is 41.9 Å². The van der Waals surface area contributed by atoms with Crippen molar-refractivity contribution < 1.29 is 38.9 Å². The number of carbonyl (C=O) groups excluding carboxylic acids is 3. The third-order valence-electron chi connectivity index (χ3n) is 3.57. The van der Waals surface area contributed by atoms with Gasteiger partial charge in [0.1, 0.15) is 6.61 Å². The minimum Gasteiger partial charge on any atom is -0.481 e. The molecule has 0 saturated carbocycles. The maximum Gasteiger partial charge on any atom is 0.314 e. The van der Waals surface area contributed by atoms with Gasteiger partial charge in [-0.05, 0) is 11.1 Å². The number of carbonyl (C=O) groups is 4. The minimum absolute atomic E-state index is 0.0812. The molecule has 0 radical (unpaired) electrons. The number of hydrogen-bond acceptors (Lipinski definition) is 7. The standard InChI is InChI=1S/C11H12O4.C7H8O.C4H4O3/c12-10(13)6-7-11(14)15-8-9-4-2-1-3-5-9;8-6-7-4-2-1-3-5-7;5-3-1-2-4(6)7-3/h1-5H,6-8H2,(H,12,13);1-5,8H,6H2;1-2H2. The lowest BCUT2D eigenvalue weighted by Gasteiger charge is -2.03. The monoisotopic (exact) mass is 416 g/mol. The molecule has 1 saturated heterocycles. The van der Waals surface area contributed by atoms with Gasteiger partial charge in [-0.15, -0.1) is 0 Å². The maximum absolute atomic E-state index is 11.0. The zero-order chi connectivity index (χ0) is 22.2. The van der Waals surface area contributed by atoms with E-state index >= 15 is 0 Å². The van der Waals surface area contributed by atoms with E-state index in [0.29, 0.717) is 0 Å². The summed E-state index contributed by atoms with van der Waals surface area (Å²) in [4.78, 5) is 41.2. The Bertz CT molecular complexity index is 788. The van der Waals surface area contributed by atoms with E-state index in [4.69, 9.17) is 14.9 Å². The highest BCUT2D eigenvalue weighted by atomic mass is 16.6. The fourth-order valence-electron chi connectivity index (χ4n) is 2.04. The molecule has 1 fully saturated rings. The molecule has 3 rings (SSSR count). The molecule has 2 aromatic carbocycles.